The molecule has 1 atom stereocenters. The smallest absolute Gasteiger partial charge is 0.225 e. The van der Waals surface area contributed by atoms with E-state index in [9.17, 15) is 0 Å². The van der Waals surface area contributed by atoms with Gasteiger partial charge in [0, 0.05) is 31.3 Å². The van der Waals surface area contributed by atoms with Gasteiger partial charge in [0.15, 0.2) is 0 Å². The quantitative estimate of drug-likeness (QED) is 0.768. The predicted octanol–water partition coefficient (Wildman–Crippen LogP) is 3.74. The fraction of sp³-hybridized carbons (Fsp3) is 0.524. The minimum atomic E-state index is 0.718. The van der Waals surface area contributed by atoms with Crippen LogP contribution in [0.1, 0.15) is 26.2 Å². The minimum absolute atomic E-state index is 0.718. The van der Waals surface area contributed by atoms with Crippen LogP contribution in [0.5, 0.6) is 0 Å². The maximum Gasteiger partial charge on any atom is 0.225 e. The Morgan fingerprint density at radius 1 is 1.19 bits per heavy atom. The Hall–Kier alpha value is -2.14. The summed E-state index contributed by atoms with van der Waals surface area (Å²) in [6, 6.07) is 12.5. The van der Waals surface area contributed by atoms with Crippen molar-refractivity contribution >= 4 is 11.8 Å². The molecule has 0 aliphatic carbocycles. The van der Waals surface area contributed by atoms with Crippen LogP contribution in [-0.2, 0) is 0 Å². The van der Waals surface area contributed by atoms with Crippen molar-refractivity contribution in [1.29, 1.82) is 0 Å². The fourth-order valence-corrected chi connectivity index (χ4v) is 3.43. The number of benzene rings is 1. The number of hydrogen-bond acceptors (Lipinski definition) is 5. The lowest BCUT2D eigenvalue weighted by Crippen LogP contribution is -2.35. The summed E-state index contributed by atoms with van der Waals surface area (Å²) in [5, 5.41) is 3.43. The molecule has 1 fully saturated rings. The van der Waals surface area contributed by atoms with E-state index in [0.29, 0.717) is 0 Å². The molecule has 1 aliphatic rings. The Morgan fingerprint density at radius 3 is 2.73 bits per heavy atom. The van der Waals surface area contributed by atoms with Crippen LogP contribution in [0, 0.1) is 5.92 Å². The second-order valence-electron chi connectivity index (χ2n) is 7.58. The summed E-state index contributed by atoms with van der Waals surface area (Å²) < 4.78 is 0. The van der Waals surface area contributed by atoms with Crippen LogP contribution in [0.2, 0.25) is 0 Å². The Balaban J connectivity index is 1.82. The van der Waals surface area contributed by atoms with Gasteiger partial charge in [0.25, 0.3) is 0 Å². The summed E-state index contributed by atoms with van der Waals surface area (Å²) in [7, 11) is 4.20. The third-order valence-electron chi connectivity index (χ3n) is 4.83. The first kappa shape index (κ1) is 18.6. The number of piperidine rings is 1. The second kappa shape index (κ2) is 8.99. The lowest BCUT2D eigenvalue weighted by Gasteiger charge is -2.32. The molecule has 3 rings (SSSR count). The van der Waals surface area contributed by atoms with Gasteiger partial charge in [-0.2, -0.15) is 4.98 Å². The van der Waals surface area contributed by atoms with Gasteiger partial charge in [0.1, 0.15) is 5.82 Å². The zero-order valence-electron chi connectivity index (χ0n) is 16.3. The van der Waals surface area contributed by atoms with Crippen molar-refractivity contribution in [3.05, 3.63) is 36.4 Å². The lowest BCUT2D eigenvalue weighted by molar-refractivity contribution is 0.405. The van der Waals surface area contributed by atoms with Crippen molar-refractivity contribution in [2.75, 3.05) is 50.5 Å². The highest BCUT2D eigenvalue weighted by atomic mass is 15.2. The third-order valence-corrected chi connectivity index (χ3v) is 4.83. The van der Waals surface area contributed by atoms with Crippen LogP contribution in [0.4, 0.5) is 11.8 Å². The number of rotatable bonds is 7. The number of nitrogens with one attached hydrogen (secondary N) is 1. The monoisotopic (exact) mass is 353 g/mol. The van der Waals surface area contributed by atoms with E-state index in [1.807, 2.05) is 6.07 Å². The van der Waals surface area contributed by atoms with Gasteiger partial charge < -0.3 is 15.1 Å². The van der Waals surface area contributed by atoms with Gasteiger partial charge in [-0.25, -0.2) is 4.98 Å². The maximum absolute atomic E-state index is 4.82. The molecule has 1 aliphatic heterocycles. The molecule has 1 N–H and O–H groups in total. The van der Waals surface area contributed by atoms with Crippen LogP contribution in [0.15, 0.2) is 36.4 Å². The van der Waals surface area contributed by atoms with Gasteiger partial charge in [-0.05, 0) is 45.8 Å². The molecule has 1 unspecified atom stereocenters. The van der Waals surface area contributed by atoms with E-state index >= 15 is 0 Å². The van der Waals surface area contributed by atoms with E-state index in [-0.39, 0.29) is 0 Å². The first-order chi connectivity index (χ1) is 12.6. The number of nitrogens with zero attached hydrogens (tertiary/aromatic N) is 4. The molecule has 1 aromatic carbocycles. The van der Waals surface area contributed by atoms with Crippen molar-refractivity contribution in [1.82, 2.24) is 14.9 Å². The van der Waals surface area contributed by atoms with Gasteiger partial charge in [0.05, 0.1) is 5.69 Å². The molecule has 0 spiro atoms. The molecule has 1 saturated heterocycles. The summed E-state index contributed by atoms with van der Waals surface area (Å²) in [5.74, 6) is 2.49. The molecule has 5 nitrogen and oxygen atoms in total. The summed E-state index contributed by atoms with van der Waals surface area (Å²) in [4.78, 5) is 14.2. The first-order valence-corrected chi connectivity index (χ1v) is 9.70. The lowest BCUT2D eigenvalue weighted by atomic mass is 10.0. The average molecular weight is 354 g/mol. The molecule has 2 aromatic rings. The van der Waals surface area contributed by atoms with Crippen LogP contribution in [-0.4, -0.2) is 55.1 Å². The Kier molecular flexibility index (Phi) is 6.45. The molecule has 140 valence electrons. The summed E-state index contributed by atoms with van der Waals surface area (Å²) in [6.07, 6.45) is 3.61. The van der Waals surface area contributed by atoms with Crippen LogP contribution in [0.3, 0.4) is 0 Å². The largest absolute Gasteiger partial charge is 0.356 e. The topological polar surface area (TPSA) is 44.3 Å². The van der Waals surface area contributed by atoms with Crippen LogP contribution < -0.4 is 10.2 Å². The molecular formula is C21H31N5. The zero-order chi connectivity index (χ0) is 18.4. The summed E-state index contributed by atoms with van der Waals surface area (Å²) in [5.41, 5.74) is 2.13. The molecule has 0 amide bonds. The van der Waals surface area contributed by atoms with Gasteiger partial charge in [-0.15, -0.1) is 0 Å². The highest BCUT2D eigenvalue weighted by Crippen LogP contribution is 2.26. The number of aromatic nitrogens is 2. The Labute approximate surface area is 157 Å². The fourth-order valence-electron chi connectivity index (χ4n) is 3.43. The summed E-state index contributed by atoms with van der Waals surface area (Å²) in [6.45, 7) is 6.42. The third kappa shape index (κ3) is 5.18. The minimum Gasteiger partial charge on any atom is -0.356 e. The van der Waals surface area contributed by atoms with E-state index in [1.165, 1.54) is 12.8 Å². The van der Waals surface area contributed by atoms with Crippen molar-refractivity contribution < 1.29 is 0 Å². The molecule has 5 heteroatoms. The maximum atomic E-state index is 4.82. The van der Waals surface area contributed by atoms with E-state index in [4.69, 9.17) is 9.97 Å². The SMILES string of the molecule is CC1CCCN(c2cc(-c3ccccc3)nc(NCCCN(C)C)n2)C1. The Morgan fingerprint density at radius 2 is 2.00 bits per heavy atom. The zero-order valence-corrected chi connectivity index (χ0v) is 16.3. The molecule has 26 heavy (non-hydrogen) atoms. The van der Waals surface area contributed by atoms with Gasteiger partial charge in [-0.1, -0.05) is 37.3 Å². The normalized spacial score (nSPS) is 17.5. The molecule has 0 saturated carbocycles. The predicted molar refractivity (Wildman–Crippen MR) is 110 cm³/mol. The number of hydrogen-bond donors (Lipinski definition) is 1. The van der Waals surface area contributed by atoms with Crippen molar-refractivity contribution in [3.63, 3.8) is 0 Å². The van der Waals surface area contributed by atoms with E-state index in [0.717, 1.165) is 61.5 Å². The van der Waals surface area contributed by atoms with Gasteiger partial charge in [-0.3, -0.25) is 0 Å². The highest BCUT2D eigenvalue weighted by Gasteiger charge is 2.19. The van der Waals surface area contributed by atoms with Crippen molar-refractivity contribution in [2.24, 2.45) is 5.92 Å². The standard InChI is InChI=1S/C21H31N5/c1-17-9-7-14-26(16-17)20-15-19(18-10-5-4-6-11-18)23-21(24-20)22-12-8-13-25(2)3/h4-6,10-11,15,17H,7-9,12-14,16H2,1-3H3,(H,22,23,24). The summed E-state index contributed by atoms with van der Waals surface area (Å²) >= 11 is 0. The average Bonchev–Trinajstić information content (AvgIpc) is 2.65. The second-order valence-corrected chi connectivity index (χ2v) is 7.58. The van der Waals surface area contributed by atoms with Crippen LogP contribution in [0.25, 0.3) is 11.3 Å². The van der Waals surface area contributed by atoms with E-state index in [2.05, 4.69) is 66.5 Å². The Bertz CT molecular complexity index is 686. The van der Waals surface area contributed by atoms with Gasteiger partial charge in [0.2, 0.25) is 5.95 Å². The highest BCUT2D eigenvalue weighted by molar-refractivity contribution is 5.64. The molecule has 2 heterocycles. The molecule has 1 aromatic heterocycles. The van der Waals surface area contributed by atoms with Crippen molar-refractivity contribution in [3.8, 4) is 11.3 Å². The van der Waals surface area contributed by atoms with Crippen molar-refractivity contribution in [2.45, 2.75) is 26.2 Å². The van der Waals surface area contributed by atoms with Gasteiger partial charge >= 0.3 is 0 Å². The van der Waals surface area contributed by atoms with Crippen LogP contribution >= 0.6 is 0 Å². The molecular weight excluding hydrogens is 322 g/mol. The first-order valence-electron chi connectivity index (χ1n) is 9.70. The number of anilines is 2. The molecule has 0 radical (unpaired) electrons. The van der Waals surface area contributed by atoms with E-state index in [1.54, 1.807) is 0 Å². The van der Waals surface area contributed by atoms with E-state index < -0.39 is 0 Å². The molecule has 0 bridgehead atoms.